The van der Waals surface area contributed by atoms with Gasteiger partial charge in [0, 0.05) is 12.6 Å². The number of benzene rings is 2. The fraction of sp³-hybridized carbons (Fsp3) is 0.133. The zero-order chi connectivity index (χ0) is 14.7. The summed E-state index contributed by atoms with van der Waals surface area (Å²) < 4.78 is 5.25. The number of nitrogens with zero attached hydrogens (tertiary/aromatic N) is 1. The van der Waals surface area contributed by atoms with E-state index in [0.29, 0.717) is 27.0 Å². The van der Waals surface area contributed by atoms with Crippen molar-refractivity contribution in [2.45, 2.75) is 0 Å². The van der Waals surface area contributed by atoms with Crippen LogP contribution in [0.2, 0.25) is 10.0 Å². The first-order valence-corrected chi connectivity index (χ1v) is 6.66. The third kappa shape index (κ3) is 2.89. The molecule has 0 bridgehead atoms. The Morgan fingerprint density at radius 2 is 1.80 bits per heavy atom. The minimum absolute atomic E-state index is 0.187. The lowest BCUT2D eigenvalue weighted by Gasteiger charge is -2.20. The highest BCUT2D eigenvalue weighted by atomic mass is 35.5. The maximum atomic E-state index is 12.4. The standard InChI is InChI=1S/C15H13Cl2NO2/c1-18(13-5-3-4-6-14(13)20-2)15(19)10-7-8-11(16)12(17)9-10/h3-9H,1-2H3. The van der Waals surface area contributed by atoms with Crippen molar-refractivity contribution in [2.24, 2.45) is 0 Å². The van der Waals surface area contributed by atoms with Gasteiger partial charge in [0.1, 0.15) is 5.75 Å². The zero-order valence-electron chi connectivity index (χ0n) is 11.1. The van der Waals surface area contributed by atoms with Gasteiger partial charge >= 0.3 is 0 Å². The summed E-state index contributed by atoms with van der Waals surface area (Å²) in [6.45, 7) is 0. The number of rotatable bonds is 3. The number of hydrogen-bond donors (Lipinski definition) is 0. The van der Waals surface area contributed by atoms with Crippen LogP contribution in [0.4, 0.5) is 5.69 Å². The van der Waals surface area contributed by atoms with Gasteiger partial charge in [-0.25, -0.2) is 0 Å². The van der Waals surface area contributed by atoms with Crippen LogP contribution in [0.5, 0.6) is 5.75 Å². The predicted octanol–water partition coefficient (Wildman–Crippen LogP) is 4.28. The first kappa shape index (κ1) is 14.7. The van der Waals surface area contributed by atoms with E-state index >= 15 is 0 Å². The Morgan fingerprint density at radius 1 is 1.10 bits per heavy atom. The molecule has 0 spiro atoms. The normalized spacial score (nSPS) is 10.2. The summed E-state index contributed by atoms with van der Waals surface area (Å²) in [5.74, 6) is 0.441. The molecule has 0 heterocycles. The molecule has 0 radical (unpaired) electrons. The lowest BCUT2D eigenvalue weighted by Crippen LogP contribution is -2.26. The molecule has 2 aromatic rings. The van der Waals surface area contributed by atoms with Gasteiger partial charge in [0.05, 0.1) is 22.8 Å². The summed E-state index contributed by atoms with van der Waals surface area (Å²) in [5, 5.41) is 0.772. The van der Waals surface area contributed by atoms with E-state index < -0.39 is 0 Å². The average Bonchev–Trinajstić information content (AvgIpc) is 2.48. The average molecular weight is 310 g/mol. The van der Waals surface area contributed by atoms with Crippen LogP contribution in [0.15, 0.2) is 42.5 Å². The summed E-state index contributed by atoms with van der Waals surface area (Å²) >= 11 is 11.8. The molecule has 5 heteroatoms. The van der Waals surface area contributed by atoms with E-state index in [-0.39, 0.29) is 5.91 Å². The number of halogens is 2. The Hall–Kier alpha value is -1.71. The summed E-state index contributed by atoms with van der Waals surface area (Å²) in [7, 11) is 3.25. The first-order valence-electron chi connectivity index (χ1n) is 5.90. The minimum atomic E-state index is -0.187. The molecule has 0 fully saturated rings. The quantitative estimate of drug-likeness (QED) is 0.847. The van der Waals surface area contributed by atoms with Crippen molar-refractivity contribution < 1.29 is 9.53 Å². The summed E-state index contributed by atoms with van der Waals surface area (Å²) in [4.78, 5) is 14.0. The Labute approximate surface area is 127 Å². The van der Waals surface area contributed by atoms with Gasteiger partial charge in [-0.05, 0) is 30.3 Å². The maximum absolute atomic E-state index is 12.4. The van der Waals surface area contributed by atoms with E-state index in [0.717, 1.165) is 0 Å². The molecule has 0 aliphatic heterocycles. The lowest BCUT2D eigenvalue weighted by molar-refractivity contribution is 0.0992. The third-order valence-electron chi connectivity index (χ3n) is 2.92. The molecular weight excluding hydrogens is 297 g/mol. The van der Waals surface area contributed by atoms with Crippen molar-refractivity contribution in [3.05, 3.63) is 58.1 Å². The number of carbonyl (C=O) groups is 1. The number of methoxy groups -OCH3 is 1. The molecule has 0 saturated heterocycles. The molecule has 0 aliphatic carbocycles. The van der Waals surface area contributed by atoms with Crippen LogP contribution in [0.1, 0.15) is 10.4 Å². The zero-order valence-corrected chi connectivity index (χ0v) is 12.6. The van der Waals surface area contributed by atoms with Crippen LogP contribution in [0.3, 0.4) is 0 Å². The van der Waals surface area contributed by atoms with Crippen LogP contribution in [-0.4, -0.2) is 20.1 Å². The Balaban J connectivity index is 2.34. The van der Waals surface area contributed by atoms with Gasteiger partial charge in [-0.3, -0.25) is 4.79 Å². The second-order valence-corrected chi connectivity index (χ2v) is 4.98. The largest absolute Gasteiger partial charge is 0.495 e. The number of hydrogen-bond acceptors (Lipinski definition) is 2. The van der Waals surface area contributed by atoms with E-state index in [2.05, 4.69) is 0 Å². The van der Waals surface area contributed by atoms with Gasteiger partial charge in [0.2, 0.25) is 0 Å². The molecule has 2 aromatic carbocycles. The maximum Gasteiger partial charge on any atom is 0.258 e. The molecule has 104 valence electrons. The van der Waals surface area contributed by atoms with Gasteiger partial charge in [0.15, 0.2) is 0 Å². The smallest absolute Gasteiger partial charge is 0.258 e. The lowest BCUT2D eigenvalue weighted by atomic mass is 10.2. The van der Waals surface area contributed by atoms with E-state index in [1.54, 1.807) is 38.4 Å². The predicted molar refractivity (Wildman–Crippen MR) is 82.2 cm³/mol. The van der Waals surface area contributed by atoms with Crippen molar-refractivity contribution in [3.8, 4) is 5.75 Å². The molecule has 0 saturated carbocycles. The highest BCUT2D eigenvalue weighted by Crippen LogP contribution is 2.29. The number of para-hydroxylation sites is 2. The Morgan fingerprint density at radius 3 is 2.45 bits per heavy atom. The Bertz CT molecular complexity index is 644. The van der Waals surface area contributed by atoms with E-state index in [1.807, 2.05) is 18.2 Å². The second-order valence-electron chi connectivity index (χ2n) is 4.16. The highest BCUT2D eigenvalue weighted by Gasteiger charge is 2.17. The monoisotopic (exact) mass is 309 g/mol. The summed E-state index contributed by atoms with van der Waals surface area (Å²) in [6.07, 6.45) is 0. The number of amides is 1. The topological polar surface area (TPSA) is 29.5 Å². The Kier molecular flexibility index (Phi) is 4.53. The van der Waals surface area contributed by atoms with Crippen molar-refractivity contribution in [2.75, 3.05) is 19.1 Å². The van der Waals surface area contributed by atoms with Crippen LogP contribution in [0, 0.1) is 0 Å². The number of anilines is 1. The fourth-order valence-electron chi connectivity index (χ4n) is 1.84. The van der Waals surface area contributed by atoms with Gasteiger partial charge < -0.3 is 9.64 Å². The minimum Gasteiger partial charge on any atom is -0.495 e. The number of ether oxygens (including phenoxy) is 1. The van der Waals surface area contributed by atoms with Gasteiger partial charge in [-0.2, -0.15) is 0 Å². The van der Waals surface area contributed by atoms with E-state index in [4.69, 9.17) is 27.9 Å². The molecule has 1 amide bonds. The molecule has 0 unspecified atom stereocenters. The molecular formula is C15H13Cl2NO2. The molecule has 0 atom stereocenters. The van der Waals surface area contributed by atoms with E-state index in [9.17, 15) is 4.79 Å². The molecule has 20 heavy (non-hydrogen) atoms. The summed E-state index contributed by atoms with van der Waals surface area (Å²) in [5.41, 5.74) is 1.15. The third-order valence-corrected chi connectivity index (χ3v) is 3.66. The van der Waals surface area contributed by atoms with Crippen LogP contribution in [-0.2, 0) is 0 Å². The molecule has 0 aromatic heterocycles. The van der Waals surface area contributed by atoms with Gasteiger partial charge in [-0.1, -0.05) is 35.3 Å². The highest BCUT2D eigenvalue weighted by molar-refractivity contribution is 6.42. The second kappa shape index (κ2) is 6.16. The molecule has 2 rings (SSSR count). The van der Waals surface area contributed by atoms with Crippen LogP contribution in [0.25, 0.3) is 0 Å². The molecule has 0 N–H and O–H groups in total. The van der Waals surface area contributed by atoms with Crippen LogP contribution < -0.4 is 9.64 Å². The summed E-state index contributed by atoms with van der Waals surface area (Å²) in [6, 6.07) is 12.1. The van der Waals surface area contributed by atoms with Crippen molar-refractivity contribution in [1.29, 1.82) is 0 Å². The molecule has 0 aliphatic rings. The SMILES string of the molecule is COc1ccccc1N(C)C(=O)c1ccc(Cl)c(Cl)c1. The fourth-order valence-corrected chi connectivity index (χ4v) is 2.14. The van der Waals surface area contributed by atoms with Crippen molar-refractivity contribution in [3.63, 3.8) is 0 Å². The van der Waals surface area contributed by atoms with Crippen LogP contribution >= 0.6 is 23.2 Å². The van der Waals surface area contributed by atoms with Gasteiger partial charge in [-0.15, -0.1) is 0 Å². The van der Waals surface area contributed by atoms with E-state index in [1.165, 1.54) is 4.90 Å². The van der Waals surface area contributed by atoms with Crippen molar-refractivity contribution in [1.82, 2.24) is 0 Å². The molecule has 3 nitrogen and oxygen atoms in total. The van der Waals surface area contributed by atoms with Crippen molar-refractivity contribution >= 4 is 34.8 Å². The van der Waals surface area contributed by atoms with Gasteiger partial charge in [0.25, 0.3) is 5.91 Å². The number of carbonyl (C=O) groups excluding carboxylic acids is 1. The first-order chi connectivity index (χ1) is 9.54.